The van der Waals surface area contributed by atoms with E-state index in [9.17, 15) is 18.0 Å². The zero-order chi connectivity index (χ0) is 14.2. The number of benzene rings is 1. The molecule has 0 aliphatic rings. The van der Waals surface area contributed by atoms with E-state index in [1.807, 2.05) is 36.4 Å². The molecule has 0 amide bonds. The van der Waals surface area contributed by atoms with Crippen molar-refractivity contribution < 1.29 is 32.8 Å². The topological polar surface area (TPSA) is 129 Å². The molecule has 0 heterocycles. The molecule has 0 saturated carbocycles. The van der Waals surface area contributed by atoms with Gasteiger partial charge in [-0.2, -0.15) is 8.42 Å². The van der Waals surface area contributed by atoms with Crippen LogP contribution < -0.4 is 0 Å². The van der Waals surface area contributed by atoms with Crippen LogP contribution in [0.1, 0.15) is 6.42 Å². The standard InChI is InChI=1S/C6H6.C4H6O7S/c1-2-4-6-5-3-1;5-3(6)1-2(4(7)8)12(9,10)11/h1-6H;2H,1H2,(H,5,6)(H,7,8)(H,9,10,11). The second-order valence-electron chi connectivity index (χ2n) is 3.09. The summed E-state index contributed by atoms with van der Waals surface area (Å²) in [6.07, 6.45) is -1.16. The van der Waals surface area contributed by atoms with Gasteiger partial charge < -0.3 is 10.2 Å². The van der Waals surface area contributed by atoms with Crippen LogP contribution in [0.15, 0.2) is 36.4 Å². The first-order valence-electron chi connectivity index (χ1n) is 4.66. The Morgan fingerprint density at radius 3 is 1.39 bits per heavy atom. The molecule has 0 aliphatic carbocycles. The summed E-state index contributed by atoms with van der Waals surface area (Å²) in [5.41, 5.74) is 0. The van der Waals surface area contributed by atoms with Gasteiger partial charge in [-0.05, 0) is 0 Å². The molecule has 1 atom stereocenters. The van der Waals surface area contributed by atoms with E-state index in [2.05, 4.69) is 0 Å². The molecule has 0 bridgehead atoms. The summed E-state index contributed by atoms with van der Waals surface area (Å²) in [4.78, 5) is 20.0. The third kappa shape index (κ3) is 7.36. The Hall–Kier alpha value is -1.93. The van der Waals surface area contributed by atoms with Crippen LogP contribution >= 0.6 is 0 Å². The van der Waals surface area contributed by atoms with E-state index >= 15 is 0 Å². The number of rotatable bonds is 4. The van der Waals surface area contributed by atoms with Crippen molar-refractivity contribution in [2.45, 2.75) is 11.7 Å². The van der Waals surface area contributed by atoms with Crippen molar-refractivity contribution in [2.24, 2.45) is 0 Å². The van der Waals surface area contributed by atoms with Gasteiger partial charge in [-0.1, -0.05) is 36.4 Å². The summed E-state index contributed by atoms with van der Waals surface area (Å²) >= 11 is 0. The monoisotopic (exact) mass is 276 g/mol. The molecule has 7 nitrogen and oxygen atoms in total. The molecule has 0 aromatic heterocycles. The molecule has 100 valence electrons. The van der Waals surface area contributed by atoms with E-state index < -0.39 is 33.7 Å². The molecule has 1 aromatic carbocycles. The number of carboxylic acids is 2. The molecular formula is C10H12O7S. The van der Waals surface area contributed by atoms with Crippen molar-refractivity contribution in [1.82, 2.24) is 0 Å². The minimum absolute atomic E-state index is 1.16. The molecule has 0 spiro atoms. The Balaban J connectivity index is 0.000000397. The maximum absolute atomic E-state index is 10.2. The number of hydrogen-bond donors (Lipinski definition) is 3. The average Bonchev–Trinajstić information content (AvgIpc) is 2.27. The lowest BCUT2D eigenvalue weighted by atomic mass is 10.3. The Bertz CT molecular complexity index is 453. The lowest BCUT2D eigenvalue weighted by Gasteiger charge is -2.04. The lowest BCUT2D eigenvalue weighted by molar-refractivity contribution is -0.143. The fourth-order valence-corrected chi connectivity index (χ4v) is 1.47. The molecule has 1 rings (SSSR count). The third-order valence-corrected chi connectivity index (χ3v) is 2.75. The smallest absolute Gasteiger partial charge is 0.325 e. The summed E-state index contributed by atoms with van der Waals surface area (Å²) in [5.74, 6) is -3.50. The van der Waals surface area contributed by atoms with Gasteiger partial charge in [0.25, 0.3) is 10.1 Å². The highest BCUT2D eigenvalue weighted by Crippen LogP contribution is 2.04. The molecule has 0 saturated heterocycles. The van der Waals surface area contributed by atoms with Gasteiger partial charge in [-0.25, -0.2) is 0 Å². The van der Waals surface area contributed by atoms with E-state index in [1.54, 1.807) is 0 Å². The van der Waals surface area contributed by atoms with Crippen molar-refractivity contribution in [2.75, 3.05) is 0 Å². The van der Waals surface area contributed by atoms with Crippen LogP contribution in [0.2, 0.25) is 0 Å². The normalized spacial score (nSPS) is 11.8. The molecule has 0 radical (unpaired) electrons. The molecule has 0 aliphatic heterocycles. The summed E-state index contributed by atoms with van der Waals surface area (Å²) in [6.45, 7) is 0. The van der Waals surface area contributed by atoms with Crippen molar-refractivity contribution in [3.63, 3.8) is 0 Å². The largest absolute Gasteiger partial charge is 0.481 e. The van der Waals surface area contributed by atoms with Crippen molar-refractivity contribution in [3.05, 3.63) is 36.4 Å². The molecule has 18 heavy (non-hydrogen) atoms. The van der Waals surface area contributed by atoms with E-state index in [-0.39, 0.29) is 0 Å². The predicted molar refractivity (Wildman–Crippen MR) is 61.7 cm³/mol. The number of carboxylic acid groups (broad SMARTS) is 2. The number of aliphatic carboxylic acids is 2. The highest BCUT2D eigenvalue weighted by Gasteiger charge is 2.33. The quantitative estimate of drug-likeness (QED) is 0.682. The van der Waals surface area contributed by atoms with Gasteiger partial charge in [0.1, 0.15) is 0 Å². The SMILES string of the molecule is O=C(O)CC(C(=O)O)S(=O)(=O)O.c1ccccc1. The predicted octanol–water partition coefficient (Wildman–Crippen LogP) is 0.489. The Morgan fingerprint density at radius 2 is 1.28 bits per heavy atom. The minimum Gasteiger partial charge on any atom is -0.481 e. The third-order valence-electron chi connectivity index (χ3n) is 1.66. The van der Waals surface area contributed by atoms with Crippen LogP contribution in [0.5, 0.6) is 0 Å². The summed E-state index contributed by atoms with van der Waals surface area (Å²) in [5, 5.41) is 13.9. The zero-order valence-electron chi connectivity index (χ0n) is 9.13. The van der Waals surface area contributed by atoms with E-state index in [0.717, 1.165) is 0 Å². The second-order valence-corrected chi connectivity index (χ2v) is 4.69. The minimum atomic E-state index is -4.84. The van der Waals surface area contributed by atoms with Crippen LogP contribution in [-0.2, 0) is 19.7 Å². The summed E-state index contributed by atoms with van der Waals surface area (Å²) in [6, 6.07) is 12.0. The maximum Gasteiger partial charge on any atom is 0.325 e. The van der Waals surface area contributed by atoms with Crippen LogP contribution in [0.3, 0.4) is 0 Å². The van der Waals surface area contributed by atoms with Crippen molar-refractivity contribution >= 4 is 22.1 Å². The van der Waals surface area contributed by atoms with Crippen LogP contribution in [0, 0.1) is 0 Å². The fourth-order valence-electron chi connectivity index (χ4n) is 0.864. The summed E-state index contributed by atoms with van der Waals surface area (Å²) in [7, 11) is -4.84. The molecular weight excluding hydrogens is 264 g/mol. The maximum atomic E-state index is 10.2. The van der Waals surface area contributed by atoms with Crippen molar-refractivity contribution in [3.8, 4) is 0 Å². The van der Waals surface area contributed by atoms with Gasteiger partial charge in [0.2, 0.25) is 0 Å². The van der Waals surface area contributed by atoms with Gasteiger partial charge in [0.05, 0.1) is 6.42 Å². The van der Waals surface area contributed by atoms with Gasteiger partial charge >= 0.3 is 11.9 Å². The summed E-state index contributed by atoms with van der Waals surface area (Å²) < 4.78 is 28.7. The molecule has 1 aromatic rings. The Morgan fingerprint density at radius 1 is 0.944 bits per heavy atom. The van der Waals surface area contributed by atoms with Gasteiger partial charge in [0, 0.05) is 0 Å². The number of carbonyl (C=O) groups is 2. The average molecular weight is 276 g/mol. The van der Waals surface area contributed by atoms with Crippen molar-refractivity contribution in [1.29, 1.82) is 0 Å². The van der Waals surface area contributed by atoms with Gasteiger partial charge in [-0.15, -0.1) is 0 Å². The van der Waals surface area contributed by atoms with E-state index in [1.165, 1.54) is 0 Å². The lowest BCUT2D eigenvalue weighted by Crippen LogP contribution is -2.31. The highest BCUT2D eigenvalue weighted by molar-refractivity contribution is 7.87. The van der Waals surface area contributed by atoms with Gasteiger partial charge in [0.15, 0.2) is 5.25 Å². The number of hydrogen-bond acceptors (Lipinski definition) is 4. The van der Waals surface area contributed by atoms with Gasteiger partial charge in [-0.3, -0.25) is 14.1 Å². The van der Waals surface area contributed by atoms with Crippen LogP contribution in [0.25, 0.3) is 0 Å². The Kier molecular flexibility index (Phi) is 6.61. The van der Waals surface area contributed by atoms with Crippen LogP contribution in [-0.4, -0.2) is 40.4 Å². The van der Waals surface area contributed by atoms with E-state index in [4.69, 9.17) is 14.8 Å². The highest BCUT2D eigenvalue weighted by atomic mass is 32.2. The second kappa shape index (κ2) is 7.41. The molecule has 3 N–H and O–H groups in total. The van der Waals surface area contributed by atoms with Crippen LogP contribution in [0.4, 0.5) is 0 Å². The molecule has 1 unspecified atom stereocenters. The first-order chi connectivity index (χ1) is 8.25. The fraction of sp³-hybridized carbons (Fsp3) is 0.200. The van der Waals surface area contributed by atoms with E-state index in [0.29, 0.717) is 0 Å². The first kappa shape index (κ1) is 16.1. The molecule has 8 heteroatoms. The zero-order valence-corrected chi connectivity index (χ0v) is 9.95. The molecule has 0 fully saturated rings. The Labute approximate surface area is 103 Å². The first-order valence-corrected chi connectivity index (χ1v) is 6.16.